The predicted molar refractivity (Wildman–Crippen MR) is 63.5 cm³/mol. The van der Waals surface area contributed by atoms with Crippen LogP contribution in [0.3, 0.4) is 0 Å². The van der Waals surface area contributed by atoms with Gasteiger partial charge in [-0.1, -0.05) is 0 Å². The highest BCUT2D eigenvalue weighted by Gasteiger charge is 2.36. The minimum absolute atomic E-state index is 0.0647. The first kappa shape index (κ1) is 17.3. The zero-order valence-electron chi connectivity index (χ0n) is 10.7. The molecule has 0 aromatic carbocycles. The lowest BCUT2D eigenvalue weighted by Crippen LogP contribution is -2.16. The molecule has 1 atom stereocenters. The second-order valence-electron chi connectivity index (χ2n) is 3.08. The van der Waals surface area contributed by atoms with Crippen molar-refractivity contribution in [2.75, 3.05) is 41.7 Å². The van der Waals surface area contributed by atoms with Crippen LogP contribution in [0.4, 0.5) is 0 Å². The first-order valence-electron chi connectivity index (χ1n) is 4.86. The highest BCUT2D eigenvalue weighted by Crippen LogP contribution is 2.55. The topological polar surface area (TPSA) is 80.3 Å². The molecular weight excluding hydrogens is 270 g/mol. The summed E-state index contributed by atoms with van der Waals surface area (Å²) in [4.78, 5) is 0. The minimum atomic E-state index is -3.35. The molecule has 17 heavy (non-hydrogen) atoms. The van der Waals surface area contributed by atoms with Gasteiger partial charge in [0.15, 0.2) is 5.85 Å². The molecule has 0 heterocycles. The van der Waals surface area contributed by atoms with E-state index >= 15 is 0 Å². The van der Waals surface area contributed by atoms with Gasteiger partial charge < -0.3 is 22.8 Å². The smallest absolute Gasteiger partial charge is 0.358 e. The third-order valence-electron chi connectivity index (χ3n) is 2.34. The van der Waals surface area contributed by atoms with Crippen molar-refractivity contribution in [3.05, 3.63) is 0 Å². The molecule has 9 heteroatoms. The van der Waals surface area contributed by atoms with Crippen molar-refractivity contribution in [1.82, 2.24) is 0 Å². The van der Waals surface area contributed by atoms with E-state index in [1.54, 1.807) is 0 Å². The fourth-order valence-electron chi connectivity index (χ4n) is 1.24. The molecule has 104 valence electrons. The maximum atomic E-state index is 12.0. The molecule has 0 aliphatic carbocycles. The van der Waals surface area contributed by atoms with Crippen molar-refractivity contribution in [2.24, 2.45) is 0 Å². The Balaban J connectivity index is 4.63. The summed E-state index contributed by atoms with van der Waals surface area (Å²) in [6, 6.07) is 0. The second-order valence-corrected chi connectivity index (χ2v) is 7.87. The van der Waals surface area contributed by atoms with E-state index in [-0.39, 0.29) is 12.6 Å². The van der Waals surface area contributed by atoms with E-state index in [9.17, 15) is 9.13 Å². The van der Waals surface area contributed by atoms with Crippen molar-refractivity contribution in [3.8, 4) is 0 Å². The lowest BCUT2D eigenvalue weighted by Gasteiger charge is -2.24. The summed E-state index contributed by atoms with van der Waals surface area (Å²) in [5, 5.41) is 0. The molecule has 0 aliphatic heterocycles. The average molecular weight is 290 g/mol. The maximum Gasteiger partial charge on any atom is 0.358 e. The third-order valence-corrected chi connectivity index (χ3v) is 6.45. The van der Waals surface area contributed by atoms with Crippen molar-refractivity contribution in [1.29, 1.82) is 0 Å². The molecule has 0 bridgehead atoms. The number of hydrogen-bond donors (Lipinski definition) is 0. The van der Waals surface area contributed by atoms with Gasteiger partial charge in [-0.25, -0.2) is 0 Å². The van der Waals surface area contributed by atoms with Crippen molar-refractivity contribution >= 4 is 15.2 Å². The molecule has 0 fully saturated rings. The minimum Gasteiger partial charge on any atom is -0.369 e. The molecule has 0 saturated carbocycles. The van der Waals surface area contributed by atoms with E-state index in [0.717, 1.165) is 0 Å². The predicted octanol–water partition coefficient (Wildman–Crippen LogP) is 2.32. The molecule has 0 N–H and O–H groups in total. The van der Waals surface area contributed by atoms with Crippen LogP contribution in [0.15, 0.2) is 0 Å². The molecule has 1 unspecified atom stereocenters. The Morgan fingerprint density at radius 2 is 1.35 bits per heavy atom. The SMILES string of the molecule is COC(CCP(=O)(OC)OC)P(=O)(OC)OC. The van der Waals surface area contributed by atoms with Crippen molar-refractivity contribution in [2.45, 2.75) is 12.3 Å². The van der Waals surface area contributed by atoms with Crippen LogP contribution < -0.4 is 0 Å². The summed E-state index contributed by atoms with van der Waals surface area (Å²) >= 11 is 0. The molecule has 7 nitrogen and oxygen atoms in total. The Morgan fingerprint density at radius 3 is 1.65 bits per heavy atom. The first-order chi connectivity index (χ1) is 7.91. The molecule has 0 radical (unpaired) electrons. The molecule has 0 aliphatic rings. The summed E-state index contributed by atoms with van der Waals surface area (Å²) < 4.78 is 48.0. The van der Waals surface area contributed by atoms with Gasteiger partial charge in [-0.05, 0) is 6.42 Å². The van der Waals surface area contributed by atoms with Gasteiger partial charge in [-0.15, -0.1) is 0 Å². The first-order valence-corrected chi connectivity index (χ1v) is 8.19. The highest BCUT2D eigenvalue weighted by molar-refractivity contribution is 7.55. The second kappa shape index (κ2) is 7.64. The Bertz CT molecular complexity index is 290. The van der Waals surface area contributed by atoms with E-state index in [2.05, 4.69) is 0 Å². The summed E-state index contributed by atoms with van der Waals surface area (Å²) in [5.41, 5.74) is 0. The number of hydrogen-bond acceptors (Lipinski definition) is 7. The Kier molecular flexibility index (Phi) is 7.76. The van der Waals surface area contributed by atoms with E-state index in [0.29, 0.717) is 0 Å². The van der Waals surface area contributed by atoms with Crippen molar-refractivity contribution in [3.63, 3.8) is 0 Å². The number of rotatable bonds is 9. The van der Waals surface area contributed by atoms with Gasteiger partial charge in [0.1, 0.15) is 0 Å². The van der Waals surface area contributed by atoms with Gasteiger partial charge in [0.05, 0.1) is 6.16 Å². The summed E-state index contributed by atoms with van der Waals surface area (Å²) in [6.45, 7) is 0. The molecule has 0 amide bonds. The Labute approximate surface area is 102 Å². The van der Waals surface area contributed by atoms with Crippen LogP contribution in [-0.2, 0) is 32.0 Å². The van der Waals surface area contributed by atoms with Gasteiger partial charge >= 0.3 is 15.2 Å². The molecule has 0 aromatic heterocycles. The lowest BCUT2D eigenvalue weighted by atomic mass is 10.5. The van der Waals surface area contributed by atoms with Crippen LogP contribution in [0.5, 0.6) is 0 Å². The molecule has 0 spiro atoms. The van der Waals surface area contributed by atoms with Crippen LogP contribution in [0.1, 0.15) is 6.42 Å². The quantitative estimate of drug-likeness (QED) is 0.603. The third kappa shape index (κ3) is 4.79. The van der Waals surface area contributed by atoms with Gasteiger partial charge in [-0.3, -0.25) is 9.13 Å². The van der Waals surface area contributed by atoms with Gasteiger partial charge in [-0.2, -0.15) is 0 Å². The van der Waals surface area contributed by atoms with E-state index in [1.807, 2.05) is 0 Å². The molecular formula is C8H20O7P2. The standard InChI is InChI=1S/C8H20O7P2/c1-11-8(17(10,14-4)15-5)6-7-16(9,12-2)13-3/h8H,6-7H2,1-5H3. The van der Waals surface area contributed by atoms with E-state index in [1.165, 1.54) is 35.5 Å². The molecule has 0 saturated heterocycles. The van der Waals surface area contributed by atoms with Gasteiger partial charge in [0, 0.05) is 35.5 Å². The van der Waals surface area contributed by atoms with Gasteiger partial charge in [0.25, 0.3) is 0 Å². The van der Waals surface area contributed by atoms with Crippen molar-refractivity contribution < 1.29 is 32.0 Å². The fourth-order valence-corrected chi connectivity index (χ4v) is 3.83. The van der Waals surface area contributed by atoms with Crippen LogP contribution in [0, 0.1) is 0 Å². The van der Waals surface area contributed by atoms with E-state index in [4.69, 9.17) is 22.8 Å². The van der Waals surface area contributed by atoms with Crippen LogP contribution in [-0.4, -0.2) is 47.6 Å². The average Bonchev–Trinajstić information content (AvgIpc) is 2.38. The fraction of sp³-hybridized carbons (Fsp3) is 1.00. The van der Waals surface area contributed by atoms with E-state index < -0.39 is 21.0 Å². The molecule has 0 rings (SSSR count). The zero-order valence-corrected chi connectivity index (χ0v) is 12.5. The highest BCUT2D eigenvalue weighted by atomic mass is 31.2. The monoisotopic (exact) mass is 290 g/mol. The summed E-state index contributed by atoms with van der Waals surface area (Å²) in [5.74, 6) is -0.809. The van der Waals surface area contributed by atoms with Crippen LogP contribution >= 0.6 is 15.2 Å². The maximum absolute atomic E-state index is 12.0. The van der Waals surface area contributed by atoms with Crippen LogP contribution in [0.25, 0.3) is 0 Å². The summed E-state index contributed by atoms with van der Waals surface area (Å²) in [7, 11) is -0.0160. The Morgan fingerprint density at radius 1 is 0.882 bits per heavy atom. The van der Waals surface area contributed by atoms with Crippen LogP contribution in [0.2, 0.25) is 0 Å². The molecule has 0 aromatic rings. The largest absolute Gasteiger partial charge is 0.369 e. The normalized spacial score (nSPS) is 14.9. The summed E-state index contributed by atoms with van der Waals surface area (Å²) in [6.07, 6.45) is 0.240. The lowest BCUT2D eigenvalue weighted by molar-refractivity contribution is 0.118. The number of methoxy groups -OCH3 is 1. The zero-order chi connectivity index (χ0) is 13.5. The Hall–Kier alpha value is 0.260. The van der Waals surface area contributed by atoms with Gasteiger partial charge in [0.2, 0.25) is 0 Å². The number of ether oxygens (including phenoxy) is 1.